The molecule has 2 aromatic carbocycles. The van der Waals surface area contributed by atoms with E-state index >= 15 is 0 Å². The first-order valence-electron chi connectivity index (χ1n) is 7.83. The smallest absolute Gasteiger partial charge is 0.253 e. The van der Waals surface area contributed by atoms with Gasteiger partial charge >= 0.3 is 0 Å². The van der Waals surface area contributed by atoms with E-state index in [2.05, 4.69) is 21.2 Å². The number of sulfonamides is 1. The second-order valence-electron chi connectivity index (χ2n) is 5.90. The zero-order valence-corrected chi connectivity index (χ0v) is 17.4. The van der Waals surface area contributed by atoms with Gasteiger partial charge in [0, 0.05) is 18.6 Å². The number of nitrogens with one attached hydrogen (secondary N) is 1. The van der Waals surface area contributed by atoms with Crippen LogP contribution in [0.15, 0.2) is 51.8 Å². The van der Waals surface area contributed by atoms with Crippen LogP contribution in [0.2, 0.25) is 0 Å². The summed E-state index contributed by atoms with van der Waals surface area (Å²) in [6, 6.07) is 11.3. The van der Waals surface area contributed by atoms with Gasteiger partial charge in [-0.25, -0.2) is 12.7 Å². The van der Waals surface area contributed by atoms with Crippen molar-refractivity contribution in [2.45, 2.75) is 17.9 Å². The van der Waals surface area contributed by atoms with Crippen LogP contribution in [-0.4, -0.2) is 39.8 Å². The molecular weight excluding hydrogens is 420 g/mol. The fourth-order valence-electron chi connectivity index (χ4n) is 2.30. The third-order valence-electron chi connectivity index (χ3n) is 3.92. The molecule has 1 atom stereocenters. The van der Waals surface area contributed by atoms with Gasteiger partial charge in [-0.3, -0.25) is 4.79 Å². The highest BCUT2D eigenvalue weighted by atomic mass is 79.9. The van der Waals surface area contributed by atoms with E-state index in [1.165, 1.54) is 33.3 Å². The molecule has 1 N–H and O–H groups in total. The Bertz CT molecular complexity index is 896. The molecule has 2 rings (SSSR count). The molecule has 140 valence electrons. The van der Waals surface area contributed by atoms with E-state index in [1.807, 2.05) is 6.92 Å². The van der Waals surface area contributed by atoms with Crippen LogP contribution in [0.1, 0.15) is 28.9 Å². The van der Waals surface area contributed by atoms with E-state index in [9.17, 15) is 13.2 Å². The van der Waals surface area contributed by atoms with Crippen molar-refractivity contribution in [3.05, 3.63) is 58.1 Å². The SMILES string of the molecule is COc1ccc(Br)c(C(=O)NC(C)c2ccc(S(=O)(=O)N(C)C)cc2)c1. The first-order valence-corrected chi connectivity index (χ1v) is 10.1. The van der Waals surface area contributed by atoms with Crippen LogP contribution in [0.5, 0.6) is 5.75 Å². The molecule has 1 amide bonds. The number of methoxy groups -OCH3 is 1. The molecule has 0 fully saturated rings. The maximum absolute atomic E-state index is 12.5. The Balaban J connectivity index is 2.17. The van der Waals surface area contributed by atoms with Crippen LogP contribution in [-0.2, 0) is 10.0 Å². The van der Waals surface area contributed by atoms with Gasteiger partial charge in [-0.15, -0.1) is 0 Å². The number of carbonyl (C=O) groups is 1. The standard InChI is InChI=1S/C18H21BrN2O4S/c1-12(13-5-8-15(9-6-13)26(23,24)21(2)3)20-18(22)16-11-14(25-4)7-10-17(16)19/h5-12H,1-4H3,(H,20,22). The molecule has 26 heavy (non-hydrogen) atoms. The molecule has 0 radical (unpaired) electrons. The number of hydrogen-bond acceptors (Lipinski definition) is 4. The van der Waals surface area contributed by atoms with Gasteiger partial charge in [0.2, 0.25) is 10.0 Å². The lowest BCUT2D eigenvalue weighted by Crippen LogP contribution is -2.27. The second-order valence-corrected chi connectivity index (χ2v) is 8.90. The monoisotopic (exact) mass is 440 g/mol. The van der Waals surface area contributed by atoms with E-state index in [1.54, 1.807) is 30.3 Å². The van der Waals surface area contributed by atoms with Crippen molar-refractivity contribution in [2.24, 2.45) is 0 Å². The maximum atomic E-state index is 12.5. The van der Waals surface area contributed by atoms with Gasteiger partial charge in [-0.05, 0) is 58.7 Å². The van der Waals surface area contributed by atoms with Crippen molar-refractivity contribution in [3.8, 4) is 5.75 Å². The molecule has 0 saturated carbocycles. The second kappa shape index (κ2) is 8.20. The van der Waals surface area contributed by atoms with Crippen molar-refractivity contribution < 1.29 is 17.9 Å². The van der Waals surface area contributed by atoms with Crippen LogP contribution in [0.3, 0.4) is 0 Å². The first-order chi connectivity index (χ1) is 12.2. The van der Waals surface area contributed by atoms with Crippen LogP contribution < -0.4 is 10.1 Å². The third kappa shape index (κ3) is 4.44. The fraction of sp³-hybridized carbons (Fsp3) is 0.278. The van der Waals surface area contributed by atoms with Gasteiger partial charge in [0.1, 0.15) is 5.75 Å². The average molecular weight is 441 g/mol. The molecule has 0 heterocycles. The average Bonchev–Trinajstić information content (AvgIpc) is 2.61. The molecular formula is C18H21BrN2O4S. The molecule has 1 unspecified atom stereocenters. The number of halogens is 1. The van der Waals surface area contributed by atoms with Gasteiger partial charge < -0.3 is 10.1 Å². The zero-order chi connectivity index (χ0) is 19.5. The van der Waals surface area contributed by atoms with E-state index in [0.717, 1.165) is 9.87 Å². The molecule has 0 bridgehead atoms. The van der Waals surface area contributed by atoms with Crippen LogP contribution in [0.25, 0.3) is 0 Å². The third-order valence-corrected chi connectivity index (χ3v) is 6.45. The summed E-state index contributed by atoms with van der Waals surface area (Å²) in [7, 11) is 1.03. The van der Waals surface area contributed by atoms with Crippen molar-refractivity contribution in [1.82, 2.24) is 9.62 Å². The Morgan fingerprint density at radius 1 is 1.15 bits per heavy atom. The fourth-order valence-corrected chi connectivity index (χ4v) is 3.63. The normalized spacial score (nSPS) is 12.7. The summed E-state index contributed by atoms with van der Waals surface area (Å²) in [6.07, 6.45) is 0. The number of amides is 1. The molecule has 0 saturated heterocycles. The number of carbonyl (C=O) groups excluding carboxylic acids is 1. The first kappa shape index (κ1) is 20.4. The lowest BCUT2D eigenvalue weighted by molar-refractivity contribution is 0.0938. The predicted molar refractivity (Wildman–Crippen MR) is 104 cm³/mol. The molecule has 0 aliphatic rings. The predicted octanol–water partition coefficient (Wildman–Crippen LogP) is 3.20. The van der Waals surface area contributed by atoms with Crippen molar-refractivity contribution in [3.63, 3.8) is 0 Å². The number of ether oxygens (including phenoxy) is 1. The Morgan fingerprint density at radius 2 is 1.77 bits per heavy atom. The van der Waals surface area contributed by atoms with Crippen molar-refractivity contribution >= 4 is 31.9 Å². The van der Waals surface area contributed by atoms with Gasteiger partial charge in [-0.1, -0.05) is 12.1 Å². The molecule has 6 nitrogen and oxygen atoms in total. The maximum Gasteiger partial charge on any atom is 0.253 e. The van der Waals surface area contributed by atoms with Gasteiger partial charge in [-0.2, -0.15) is 0 Å². The summed E-state index contributed by atoms with van der Waals surface area (Å²) >= 11 is 3.36. The summed E-state index contributed by atoms with van der Waals surface area (Å²) in [5, 5.41) is 2.90. The van der Waals surface area contributed by atoms with E-state index in [-0.39, 0.29) is 16.8 Å². The van der Waals surface area contributed by atoms with Crippen molar-refractivity contribution in [1.29, 1.82) is 0 Å². The molecule has 8 heteroatoms. The minimum Gasteiger partial charge on any atom is -0.497 e. The number of rotatable bonds is 6. The minimum absolute atomic E-state index is 0.209. The number of benzene rings is 2. The van der Waals surface area contributed by atoms with Gasteiger partial charge in [0.15, 0.2) is 0 Å². The highest BCUT2D eigenvalue weighted by Gasteiger charge is 2.19. The summed E-state index contributed by atoms with van der Waals surface area (Å²) < 4.78 is 31.2. The summed E-state index contributed by atoms with van der Waals surface area (Å²) in [5.74, 6) is 0.331. The number of hydrogen-bond donors (Lipinski definition) is 1. The number of nitrogens with zero attached hydrogens (tertiary/aromatic N) is 1. The molecule has 2 aromatic rings. The van der Waals surface area contributed by atoms with Crippen molar-refractivity contribution in [2.75, 3.05) is 21.2 Å². The van der Waals surface area contributed by atoms with Crippen LogP contribution in [0.4, 0.5) is 0 Å². The van der Waals surface area contributed by atoms with Crippen LogP contribution in [0, 0.1) is 0 Å². The largest absolute Gasteiger partial charge is 0.497 e. The Morgan fingerprint density at radius 3 is 2.31 bits per heavy atom. The highest BCUT2D eigenvalue weighted by molar-refractivity contribution is 9.10. The van der Waals surface area contributed by atoms with Gasteiger partial charge in [0.05, 0.1) is 23.6 Å². The van der Waals surface area contributed by atoms with E-state index < -0.39 is 10.0 Å². The molecule has 0 aliphatic carbocycles. The quantitative estimate of drug-likeness (QED) is 0.747. The van der Waals surface area contributed by atoms with Crippen LogP contribution >= 0.6 is 15.9 Å². The molecule has 0 aliphatic heterocycles. The Labute approximate surface area is 162 Å². The summed E-state index contributed by atoms with van der Waals surface area (Å²) in [6.45, 7) is 1.83. The van der Waals surface area contributed by atoms with E-state index in [4.69, 9.17) is 4.74 Å². The Hall–Kier alpha value is -1.90. The van der Waals surface area contributed by atoms with E-state index in [0.29, 0.717) is 15.8 Å². The summed E-state index contributed by atoms with van der Waals surface area (Å²) in [5.41, 5.74) is 1.26. The highest BCUT2D eigenvalue weighted by Crippen LogP contribution is 2.24. The lowest BCUT2D eigenvalue weighted by Gasteiger charge is -2.17. The minimum atomic E-state index is -3.47. The molecule has 0 spiro atoms. The van der Waals surface area contributed by atoms with Gasteiger partial charge in [0.25, 0.3) is 5.91 Å². The zero-order valence-electron chi connectivity index (χ0n) is 15.0. The topological polar surface area (TPSA) is 75.7 Å². The molecule has 0 aromatic heterocycles. The Kier molecular flexibility index (Phi) is 6.44. The summed E-state index contributed by atoms with van der Waals surface area (Å²) in [4.78, 5) is 12.7. The lowest BCUT2D eigenvalue weighted by atomic mass is 10.1.